The molecular formula is C20H19F2NO5. The number of aliphatic hydroxyl groups excluding tert-OH is 2. The molecule has 0 aliphatic carbocycles. The molecule has 6 nitrogen and oxygen atoms in total. The number of halogens is 2. The van der Waals surface area contributed by atoms with E-state index in [0.717, 1.165) is 12.1 Å². The van der Waals surface area contributed by atoms with E-state index in [1.54, 1.807) is 13.8 Å². The number of fused-ring (bicyclic) bond motifs is 1. The van der Waals surface area contributed by atoms with Crippen molar-refractivity contribution in [2.45, 2.75) is 31.6 Å². The second-order valence-electron chi connectivity index (χ2n) is 7.09. The molecule has 0 spiro atoms. The molecule has 1 heterocycles. The highest BCUT2D eigenvalue weighted by Gasteiger charge is 2.44. The highest BCUT2D eigenvalue weighted by molar-refractivity contribution is 5.97. The molecule has 0 saturated carbocycles. The Bertz CT molecular complexity index is 924. The van der Waals surface area contributed by atoms with Crippen LogP contribution >= 0.6 is 0 Å². The number of hydrogen-bond donors (Lipinski definition) is 3. The van der Waals surface area contributed by atoms with Gasteiger partial charge in [-0.3, -0.25) is 9.59 Å². The second-order valence-corrected chi connectivity index (χ2v) is 7.09. The largest absolute Gasteiger partial charge is 0.485 e. The number of amides is 1. The zero-order valence-electron chi connectivity index (χ0n) is 15.2. The van der Waals surface area contributed by atoms with Gasteiger partial charge in [-0.25, -0.2) is 8.78 Å². The summed E-state index contributed by atoms with van der Waals surface area (Å²) < 4.78 is 32.6. The number of ether oxygens (including phenoxy) is 1. The number of ketones is 1. The van der Waals surface area contributed by atoms with Gasteiger partial charge in [0, 0.05) is 22.8 Å². The van der Waals surface area contributed by atoms with Gasteiger partial charge in [0.1, 0.15) is 35.7 Å². The fourth-order valence-corrected chi connectivity index (χ4v) is 3.13. The van der Waals surface area contributed by atoms with Crippen molar-refractivity contribution in [1.29, 1.82) is 0 Å². The summed E-state index contributed by atoms with van der Waals surface area (Å²) in [6.45, 7) is 2.54. The van der Waals surface area contributed by atoms with Gasteiger partial charge in [0.25, 0.3) is 5.91 Å². The molecule has 2 unspecified atom stereocenters. The minimum Gasteiger partial charge on any atom is -0.485 e. The zero-order valence-corrected chi connectivity index (χ0v) is 15.2. The lowest BCUT2D eigenvalue weighted by molar-refractivity contribution is -0.0627. The standard InChI is InChI=1S/C20H19F2NO5/c1-20(2)18(26)17(23-19(27)11-5-12(21)8-13(22)6-11)14-7-10(15(25)9-24)3-4-16(14)28-20/h3-8,17-18,24,26H,9H2,1-2H3,(H,23,27). The van der Waals surface area contributed by atoms with Gasteiger partial charge >= 0.3 is 0 Å². The molecule has 0 bridgehead atoms. The molecule has 2 aromatic carbocycles. The predicted octanol–water partition coefficient (Wildman–Crippen LogP) is 2.14. The summed E-state index contributed by atoms with van der Waals surface area (Å²) in [7, 11) is 0. The first kappa shape index (κ1) is 19.9. The Kier molecular flexibility index (Phi) is 5.18. The molecular weight excluding hydrogens is 372 g/mol. The SMILES string of the molecule is CC1(C)Oc2ccc(C(=O)CO)cc2C(NC(=O)c2cc(F)cc(F)c2)C1O. The average molecular weight is 391 g/mol. The fraction of sp³-hybridized carbons (Fsp3) is 0.300. The maximum atomic E-state index is 13.4. The van der Waals surface area contributed by atoms with Crippen molar-refractivity contribution in [3.05, 3.63) is 64.7 Å². The highest BCUT2D eigenvalue weighted by Crippen LogP contribution is 2.40. The van der Waals surface area contributed by atoms with Crippen LogP contribution in [0.15, 0.2) is 36.4 Å². The van der Waals surface area contributed by atoms with Crippen LogP contribution < -0.4 is 10.1 Å². The first-order valence-corrected chi connectivity index (χ1v) is 8.54. The van der Waals surface area contributed by atoms with Gasteiger partial charge in [-0.15, -0.1) is 0 Å². The van der Waals surface area contributed by atoms with E-state index >= 15 is 0 Å². The normalized spacial score (nSPS) is 20.1. The summed E-state index contributed by atoms with van der Waals surface area (Å²) in [5.41, 5.74) is -0.844. The van der Waals surface area contributed by atoms with E-state index in [4.69, 9.17) is 9.84 Å². The monoisotopic (exact) mass is 391 g/mol. The Hall–Kier alpha value is -2.84. The maximum Gasteiger partial charge on any atom is 0.252 e. The number of hydrogen-bond acceptors (Lipinski definition) is 5. The summed E-state index contributed by atoms with van der Waals surface area (Å²) in [4.78, 5) is 24.4. The van der Waals surface area contributed by atoms with E-state index < -0.39 is 47.7 Å². The third kappa shape index (κ3) is 3.74. The van der Waals surface area contributed by atoms with Crippen LogP contribution in [0, 0.1) is 11.6 Å². The topological polar surface area (TPSA) is 95.9 Å². The van der Waals surface area contributed by atoms with Crippen molar-refractivity contribution in [1.82, 2.24) is 5.32 Å². The summed E-state index contributed by atoms with van der Waals surface area (Å²) in [5, 5.41) is 22.3. The third-order valence-corrected chi connectivity index (χ3v) is 4.62. The van der Waals surface area contributed by atoms with Crippen LogP contribution in [0.2, 0.25) is 0 Å². The third-order valence-electron chi connectivity index (χ3n) is 4.62. The van der Waals surface area contributed by atoms with E-state index in [9.17, 15) is 23.5 Å². The van der Waals surface area contributed by atoms with Crippen molar-refractivity contribution in [2.24, 2.45) is 0 Å². The minimum atomic E-state index is -1.22. The van der Waals surface area contributed by atoms with Crippen LogP contribution in [-0.4, -0.2) is 40.2 Å². The molecule has 3 rings (SSSR count). The van der Waals surface area contributed by atoms with E-state index in [-0.39, 0.29) is 11.1 Å². The molecule has 8 heteroatoms. The van der Waals surface area contributed by atoms with Gasteiger partial charge < -0.3 is 20.3 Å². The number of rotatable bonds is 4. The Morgan fingerprint density at radius 1 is 1.11 bits per heavy atom. The predicted molar refractivity (Wildman–Crippen MR) is 95.1 cm³/mol. The molecule has 1 amide bonds. The van der Waals surface area contributed by atoms with Crippen molar-refractivity contribution >= 4 is 11.7 Å². The molecule has 28 heavy (non-hydrogen) atoms. The summed E-state index contributed by atoms with van der Waals surface area (Å²) >= 11 is 0. The maximum absolute atomic E-state index is 13.4. The summed E-state index contributed by atoms with van der Waals surface area (Å²) in [5.74, 6) is -2.83. The quantitative estimate of drug-likeness (QED) is 0.694. The average Bonchev–Trinajstić information content (AvgIpc) is 2.63. The molecule has 0 fully saturated rings. The Labute approximate surface area is 159 Å². The van der Waals surface area contributed by atoms with Gasteiger partial charge in [-0.05, 0) is 44.2 Å². The lowest BCUT2D eigenvalue weighted by Crippen LogP contribution is -2.53. The van der Waals surface area contributed by atoms with Crippen LogP contribution in [0.5, 0.6) is 5.75 Å². The van der Waals surface area contributed by atoms with Crippen molar-refractivity contribution < 1.29 is 33.3 Å². The minimum absolute atomic E-state index is 0.174. The Morgan fingerprint density at radius 3 is 2.36 bits per heavy atom. The van der Waals surface area contributed by atoms with Gasteiger partial charge in [0.15, 0.2) is 5.78 Å². The number of nitrogens with one attached hydrogen (secondary N) is 1. The smallest absolute Gasteiger partial charge is 0.252 e. The van der Waals surface area contributed by atoms with Gasteiger partial charge in [-0.1, -0.05) is 0 Å². The van der Waals surface area contributed by atoms with Crippen molar-refractivity contribution in [3.63, 3.8) is 0 Å². The second kappa shape index (κ2) is 7.29. The number of Topliss-reactive ketones (excluding diaryl/α,β-unsaturated/α-hetero) is 1. The Balaban J connectivity index is 2.01. The number of benzene rings is 2. The molecule has 2 atom stereocenters. The van der Waals surface area contributed by atoms with E-state index in [0.29, 0.717) is 17.4 Å². The van der Waals surface area contributed by atoms with Crippen molar-refractivity contribution in [3.8, 4) is 5.75 Å². The van der Waals surface area contributed by atoms with Crippen LogP contribution in [0.3, 0.4) is 0 Å². The fourth-order valence-electron chi connectivity index (χ4n) is 3.13. The number of carbonyl (C=O) groups excluding carboxylic acids is 2. The summed E-state index contributed by atoms with van der Waals surface area (Å²) in [6.07, 6.45) is -1.22. The molecule has 1 aliphatic heterocycles. The highest BCUT2D eigenvalue weighted by atomic mass is 19.1. The van der Waals surface area contributed by atoms with Crippen molar-refractivity contribution in [2.75, 3.05) is 6.61 Å². The lowest BCUT2D eigenvalue weighted by Gasteiger charge is -2.42. The van der Waals surface area contributed by atoms with E-state index in [1.807, 2.05) is 0 Å². The van der Waals surface area contributed by atoms with E-state index in [2.05, 4.69) is 5.32 Å². The first-order valence-electron chi connectivity index (χ1n) is 8.54. The van der Waals surface area contributed by atoms with Gasteiger partial charge in [0.05, 0.1) is 6.04 Å². The van der Waals surface area contributed by atoms with Crippen LogP contribution in [0.4, 0.5) is 8.78 Å². The zero-order chi connectivity index (χ0) is 20.6. The molecule has 148 valence electrons. The van der Waals surface area contributed by atoms with Gasteiger partial charge in [-0.2, -0.15) is 0 Å². The molecule has 3 N–H and O–H groups in total. The van der Waals surface area contributed by atoms with E-state index in [1.165, 1.54) is 18.2 Å². The van der Waals surface area contributed by atoms with Crippen LogP contribution in [-0.2, 0) is 0 Å². The van der Waals surface area contributed by atoms with Gasteiger partial charge in [0.2, 0.25) is 0 Å². The molecule has 0 saturated heterocycles. The molecule has 2 aromatic rings. The van der Waals surface area contributed by atoms with Crippen LogP contribution in [0.25, 0.3) is 0 Å². The molecule has 1 aliphatic rings. The first-order chi connectivity index (χ1) is 13.1. The Morgan fingerprint density at radius 2 is 1.75 bits per heavy atom. The molecule has 0 radical (unpaired) electrons. The number of carbonyl (C=O) groups is 2. The van der Waals surface area contributed by atoms with Crippen LogP contribution in [0.1, 0.15) is 46.2 Å². The molecule has 0 aromatic heterocycles. The summed E-state index contributed by atoms with van der Waals surface area (Å²) in [6, 6.07) is 5.76. The lowest BCUT2D eigenvalue weighted by atomic mass is 9.85. The number of aliphatic hydroxyl groups is 2.